The zero-order valence-electron chi connectivity index (χ0n) is 16.7. The van der Waals surface area contributed by atoms with E-state index >= 15 is 0 Å². The molecular weight excluding hydrogens is 370 g/mol. The van der Waals surface area contributed by atoms with Gasteiger partial charge < -0.3 is 4.57 Å². The van der Waals surface area contributed by atoms with Gasteiger partial charge >= 0.3 is 0 Å². The highest BCUT2D eigenvalue weighted by Gasteiger charge is 2.33. The smallest absolute Gasteiger partial charge is 0.265 e. The number of carbonyl (C=O) groups excluding carboxylic acids is 2. The van der Waals surface area contributed by atoms with Crippen molar-refractivity contribution in [2.24, 2.45) is 0 Å². The van der Waals surface area contributed by atoms with E-state index in [1.807, 2.05) is 26.8 Å². The van der Waals surface area contributed by atoms with Crippen LogP contribution < -0.4 is 5.32 Å². The monoisotopic (exact) mass is 395 g/mol. The Balaban J connectivity index is 1.99. The van der Waals surface area contributed by atoms with Gasteiger partial charge in [0.2, 0.25) is 0 Å². The Morgan fingerprint density at radius 3 is 2.43 bits per heavy atom. The van der Waals surface area contributed by atoms with Crippen LogP contribution >= 0.6 is 12.2 Å². The molecule has 0 aliphatic carbocycles. The molecule has 0 saturated carbocycles. The zero-order chi connectivity index (χ0) is 20.4. The van der Waals surface area contributed by atoms with E-state index in [4.69, 9.17) is 12.2 Å². The van der Waals surface area contributed by atoms with Crippen LogP contribution in [0.25, 0.3) is 11.8 Å². The molecule has 0 radical (unpaired) electrons. The van der Waals surface area contributed by atoms with Crippen LogP contribution in [-0.2, 0) is 9.59 Å². The third kappa shape index (κ3) is 3.78. The molecule has 0 bridgehead atoms. The summed E-state index contributed by atoms with van der Waals surface area (Å²) in [5.74, 6) is -0.773. The molecule has 2 amide bonds. The number of carbonyl (C=O) groups is 2. The number of nitrogens with zero attached hydrogens (tertiary/aromatic N) is 2. The first-order chi connectivity index (χ1) is 13.3. The predicted molar refractivity (Wildman–Crippen MR) is 115 cm³/mol. The van der Waals surface area contributed by atoms with Crippen LogP contribution in [-0.4, -0.2) is 32.9 Å². The normalized spacial score (nSPS) is 16.1. The topological polar surface area (TPSA) is 54.3 Å². The largest absolute Gasteiger partial charge is 0.318 e. The van der Waals surface area contributed by atoms with Crippen LogP contribution in [0.1, 0.15) is 42.3 Å². The maximum Gasteiger partial charge on any atom is 0.265 e. The molecule has 6 heteroatoms. The summed E-state index contributed by atoms with van der Waals surface area (Å²) in [7, 11) is 0. The lowest BCUT2D eigenvalue weighted by molar-refractivity contribution is -0.128. The number of hydrogen-bond donors (Lipinski definition) is 1. The lowest BCUT2D eigenvalue weighted by Gasteiger charge is -2.28. The summed E-state index contributed by atoms with van der Waals surface area (Å²) in [6, 6.07) is 10.3. The lowest BCUT2D eigenvalue weighted by Crippen LogP contribution is -2.54. The number of benzene rings is 1. The van der Waals surface area contributed by atoms with Crippen LogP contribution in [0.2, 0.25) is 0 Å². The molecule has 1 N–H and O–H groups in total. The van der Waals surface area contributed by atoms with Gasteiger partial charge in [0.1, 0.15) is 5.57 Å². The molecule has 28 heavy (non-hydrogen) atoms. The van der Waals surface area contributed by atoms with E-state index in [9.17, 15) is 9.59 Å². The fourth-order valence-electron chi connectivity index (χ4n) is 3.39. The molecule has 0 atom stereocenters. The maximum atomic E-state index is 12.9. The van der Waals surface area contributed by atoms with Crippen LogP contribution in [0.3, 0.4) is 0 Å². The second-order valence-corrected chi connectivity index (χ2v) is 7.51. The third-order valence-corrected chi connectivity index (χ3v) is 5.31. The second-order valence-electron chi connectivity index (χ2n) is 7.13. The van der Waals surface area contributed by atoms with Crippen molar-refractivity contribution in [2.45, 2.75) is 40.5 Å². The number of aryl methyl sites for hydroxylation is 2. The van der Waals surface area contributed by atoms with Crippen LogP contribution in [0, 0.1) is 20.8 Å². The average molecular weight is 396 g/mol. The number of unbranched alkanes of at least 4 members (excludes halogenated alkanes) is 1. The number of thiocarbonyl (C=S) groups is 1. The first-order valence-electron chi connectivity index (χ1n) is 9.48. The highest BCUT2D eigenvalue weighted by atomic mass is 32.1. The first kappa shape index (κ1) is 20.0. The Morgan fingerprint density at radius 2 is 1.79 bits per heavy atom. The van der Waals surface area contributed by atoms with E-state index in [0.717, 1.165) is 35.5 Å². The van der Waals surface area contributed by atoms with E-state index in [0.29, 0.717) is 6.54 Å². The number of rotatable bonds is 5. The van der Waals surface area contributed by atoms with E-state index < -0.39 is 5.91 Å². The highest BCUT2D eigenvalue weighted by Crippen LogP contribution is 2.24. The Kier molecular flexibility index (Phi) is 5.79. The van der Waals surface area contributed by atoms with Crippen molar-refractivity contribution < 1.29 is 9.59 Å². The van der Waals surface area contributed by atoms with Gasteiger partial charge in [-0.1, -0.05) is 31.0 Å². The van der Waals surface area contributed by atoms with E-state index in [1.54, 1.807) is 6.08 Å². The highest BCUT2D eigenvalue weighted by molar-refractivity contribution is 7.80. The molecule has 2 heterocycles. The van der Waals surface area contributed by atoms with E-state index in [2.05, 4.69) is 41.1 Å². The third-order valence-electron chi connectivity index (χ3n) is 4.98. The molecule has 146 valence electrons. The Hall–Kier alpha value is -2.73. The molecular formula is C22H25N3O2S. The first-order valence-corrected chi connectivity index (χ1v) is 9.89. The van der Waals surface area contributed by atoms with Crippen molar-refractivity contribution in [3.05, 3.63) is 58.4 Å². The minimum Gasteiger partial charge on any atom is -0.318 e. The van der Waals surface area contributed by atoms with Gasteiger partial charge in [-0.15, -0.1) is 0 Å². The molecule has 0 spiro atoms. The predicted octanol–water partition coefficient (Wildman–Crippen LogP) is 3.83. The number of hydrogen-bond acceptors (Lipinski definition) is 3. The minimum absolute atomic E-state index is 0.119. The standard InChI is InChI=1S/C22H25N3O2S/c1-5-6-11-24-21(27)19(20(26)23-22(24)28)13-17-12-15(3)25(16(17)4)18-9-7-14(2)8-10-18/h7-10,12-13H,5-6,11H2,1-4H3,(H,23,26,28)/b19-13-. The van der Waals surface area contributed by atoms with Crippen LogP contribution in [0.5, 0.6) is 0 Å². The molecule has 1 aliphatic rings. The van der Waals surface area contributed by atoms with Gasteiger partial charge in [0.05, 0.1) is 0 Å². The Morgan fingerprint density at radius 1 is 1.11 bits per heavy atom. The van der Waals surface area contributed by atoms with Gasteiger partial charge in [0.25, 0.3) is 11.8 Å². The van der Waals surface area contributed by atoms with Gasteiger partial charge in [-0.25, -0.2) is 0 Å². The maximum absolute atomic E-state index is 12.9. The van der Waals surface area contributed by atoms with E-state index in [1.165, 1.54) is 10.5 Å². The molecule has 5 nitrogen and oxygen atoms in total. The van der Waals surface area contributed by atoms with Gasteiger partial charge in [0, 0.05) is 23.6 Å². The minimum atomic E-state index is -0.442. The lowest BCUT2D eigenvalue weighted by atomic mass is 10.1. The van der Waals surface area contributed by atoms with Crippen molar-refractivity contribution in [3.63, 3.8) is 0 Å². The SMILES string of the molecule is CCCCN1C(=O)/C(=C\c2cc(C)n(-c3ccc(C)cc3)c2C)C(=O)NC1=S. The van der Waals surface area contributed by atoms with Gasteiger partial charge in [-0.05, 0) is 69.2 Å². The zero-order valence-corrected chi connectivity index (χ0v) is 17.5. The fraction of sp³-hybridized carbons (Fsp3) is 0.318. The van der Waals surface area contributed by atoms with E-state index in [-0.39, 0.29) is 16.6 Å². The molecule has 1 fully saturated rings. The molecule has 0 unspecified atom stereocenters. The fourth-order valence-corrected chi connectivity index (χ4v) is 3.66. The number of nitrogens with one attached hydrogen (secondary N) is 1. The molecule has 2 aromatic rings. The average Bonchev–Trinajstić information content (AvgIpc) is 2.93. The van der Waals surface area contributed by atoms with Crippen LogP contribution in [0.4, 0.5) is 0 Å². The second kappa shape index (κ2) is 8.10. The van der Waals surface area contributed by atoms with Gasteiger partial charge in [0.15, 0.2) is 5.11 Å². The quantitative estimate of drug-likeness (QED) is 0.476. The molecule has 1 aromatic heterocycles. The number of aromatic nitrogens is 1. The van der Waals surface area contributed by atoms with Crippen molar-refractivity contribution in [3.8, 4) is 5.69 Å². The Labute approximate surface area is 171 Å². The van der Waals surface area contributed by atoms with Gasteiger partial charge in [-0.2, -0.15) is 0 Å². The molecule has 1 aromatic carbocycles. The van der Waals surface area contributed by atoms with Crippen molar-refractivity contribution in [1.29, 1.82) is 0 Å². The van der Waals surface area contributed by atoms with Gasteiger partial charge in [-0.3, -0.25) is 19.8 Å². The van der Waals surface area contributed by atoms with Crippen molar-refractivity contribution in [2.75, 3.05) is 6.54 Å². The Bertz CT molecular complexity index is 970. The molecule has 1 saturated heterocycles. The summed E-state index contributed by atoms with van der Waals surface area (Å²) < 4.78 is 2.12. The molecule has 1 aliphatic heterocycles. The summed E-state index contributed by atoms with van der Waals surface area (Å²) in [5.41, 5.74) is 5.23. The molecule has 3 rings (SSSR count). The summed E-state index contributed by atoms with van der Waals surface area (Å²) in [4.78, 5) is 26.8. The van der Waals surface area contributed by atoms with Crippen molar-refractivity contribution in [1.82, 2.24) is 14.8 Å². The number of amides is 2. The summed E-state index contributed by atoms with van der Waals surface area (Å²) >= 11 is 5.18. The summed E-state index contributed by atoms with van der Waals surface area (Å²) in [5, 5.41) is 2.83. The van der Waals surface area contributed by atoms with Crippen LogP contribution in [0.15, 0.2) is 35.9 Å². The summed E-state index contributed by atoms with van der Waals surface area (Å²) in [6.07, 6.45) is 3.44. The summed E-state index contributed by atoms with van der Waals surface area (Å²) in [6.45, 7) is 8.61. The van der Waals surface area contributed by atoms with Crippen molar-refractivity contribution >= 4 is 35.2 Å².